The first kappa shape index (κ1) is 38.8. The van der Waals surface area contributed by atoms with Gasteiger partial charge in [0.15, 0.2) is 11.4 Å². The number of aromatic nitrogens is 2. The second-order valence-electron chi connectivity index (χ2n) is 15.2. The van der Waals surface area contributed by atoms with Crippen LogP contribution in [0, 0.1) is 47.1 Å². The molecule has 0 aliphatic carbocycles. The van der Waals surface area contributed by atoms with E-state index in [0.29, 0.717) is 99.4 Å². The third kappa shape index (κ3) is 6.17. The van der Waals surface area contributed by atoms with Crippen molar-refractivity contribution in [3.05, 3.63) is 203 Å². The molecular formula is C54H26F3N7. The van der Waals surface area contributed by atoms with Crippen molar-refractivity contribution >= 4 is 55.0 Å². The number of hydrogen-bond donors (Lipinski definition) is 0. The smallest absolute Gasteiger partial charge is 0.309 e. The molecule has 10 heteroatoms. The summed E-state index contributed by atoms with van der Waals surface area (Å²) >= 11 is 0. The van der Waals surface area contributed by atoms with Crippen molar-refractivity contribution in [1.82, 2.24) is 9.13 Å². The van der Waals surface area contributed by atoms with Crippen molar-refractivity contribution in [2.75, 3.05) is 0 Å². The van der Waals surface area contributed by atoms with Gasteiger partial charge in [0.1, 0.15) is 5.56 Å². The molecule has 7 nitrogen and oxygen atoms in total. The number of rotatable bonds is 5. The van der Waals surface area contributed by atoms with E-state index in [1.54, 1.807) is 106 Å². The molecule has 10 rings (SSSR count). The molecule has 0 saturated carbocycles. The van der Waals surface area contributed by atoms with Gasteiger partial charge in [-0.2, -0.15) is 29.0 Å². The van der Waals surface area contributed by atoms with E-state index in [1.807, 2.05) is 36.4 Å². The molecule has 10 aromatic rings. The van der Waals surface area contributed by atoms with Gasteiger partial charge in [-0.05, 0) is 112 Å². The minimum absolute atomic E-state index is 0.136. The van der Waals surface area contributed by atoms with E-state index >= 15 is 13.2 Å². The standard InChI is InChI=1S/C54H26F3N7/c1-61-39-17-19-40(38(24-39)31-60)35-15-20-49-44(25-35)42-10-3-5-12-47(42)63(49)51-27-37(34-9-7-8-32(22-34)29-58)28-52(53(51)54(55,56)57)64-48-13-6-4-11-43(48)45-26-36(16-21-50(45)64)41-18-14-33(30-59)23-46(41)62-2/h3-28H. The highest BCUT2D eigenvalue weighted by Gasteiger charge is 2.39. The van der Waals surface area contributed by atoms with E-state index in [-0.39, 0.29) is 17.1 Å². The van der Waals surface area contributed by atoms with Crippen LogP contribution in [0.25, 0.3) is 98.1 Å². The Morgan fingerprint density at radius 2 is 1.02 bits per heavy atom. The van der Waals surface area contributed by atoms with Gasteiger partial charge in [-0.3, -0.25) is 0 Å². The number of alkyl halides is 3. The van der Waals surface area contributed by atoms with Crippen LogP contribution in [0.3, 0.4) is 0 Å². The van der Waals surface area contributed by atoms with Crippen molar-refractivity contribution in [3.8, 4) is 63.0 Å². The Hall–Kier alpha value is -9.40. The lowest BCUT2D eigenvalue weighted by Gasteiger charge is -2.23. The third-order valence-electron chi connectivity index (χ3n) is 11.7. The number of para-hydroxylation sites is 2. The third-order valence-corrected chi connectivity index (χ3v) is 11.7. The lowest BCUT2D eigenvalue weighted by atomic mass is 9.97. The van der Waals surface area contributed by atoms with Crippen LogP contribution in [0.4, 0.5) is 24.5 Å². The van der Waals surface area contributed by atoms with Crippen LogP contribution in [0.2, 0.25) is 0 Å². The molecule has 8 aromatic carbocycles. The van der Waals surface area contributed by atoms with Gasteiger partial charge in [0.05, 0.1) is 70.4 Å². The molecule has 2 heterocycles. The predicted octanol–water partition coefficient (Wildman–Crippen LogP) is 14.6. The maximum Gasteiger partial charge on any atom is 0.420 e. The molecule has 0 aliphatic heterocycles. The average molecular weight is 830 g/mol. The fraction of sp³-hybridized carbons (Fsp3) is 0.0185. The molecular weight excluding hydrogens is 804 g/mol. The summed E-state index contributed by atoms with van der Waals surface area (Å²) in [6.07, 6.45) is -4.91. The van der Waals surface area contributed by atoms with E-state index in [0.717, 1.165) is 0 Å². The Morgan fingerprint density at radius 1 is 0.453 bits per heavy atom. The second-order valence-corrected chi connectivity index (χ2v) is 15.2. The Balaban J connectivity index is 1.31. The molecule has 0 saturated heterocycles. The zero-order valence-corrected chi connectivity index (χ0v) is 33.3. The Labute approximate surface area is 363 Å². The number of nitrogens with zero attached hydrogens (tertiary/aromatic N) is 7. The predicted molar refractivity (Wildman–Crippen MR) is 243 cm³/mol. The summed E-state index contributed by atoms with van der Waals surface area (Å²) in [5, 5.41) is 32.1. The number of halogens is 3. The van der Waals surface area contributed by atoms with E-state index in [2.05, 4.69) is 27.9 Å². The number of benzene rings is 8. The summed E-state index contributed by atoms with van der Waals surface area (Å²) in [5.41, 5.74) is 5.92. The van der Waals surface area contributed by atoms with Crippen LogP contribution >= 0.6 is 0 Å². The molecule has 64 heavy (non-hydrogen) atoms. The highest BCUT2D eigenvalue weighted by molar-refractivity contribution is 6.12. The zero-order valence-electron chi connectivity index (χ0n) is 33.3. The molecule has 0 unspecified atom stereocenters. The van der Waals surface area contributed by atoms with Crippen molar-refractivity contribution < 1.29 is 13.2 Å². The fourth-order valence-electron chi connectivity index (χ4n) is 8.87. The Kier molecular flexibility index (Phi) is 9.06. The van der Waals surface area contributed by atoms with Gasteiger partial charge in [-0.15, -0.1) is 0 Å². The summed E-state index contributed by atoms with van der Waals surface area (Å²) in [6.45, 7) is 15.3. The van der Waals surface area contributed by atoms with E-state index < -0.39 is 11.7 Å². The van der Waals surface area contributed by atoms with Gasteiger partial charge < -0.3 is 9.13 Å². The summed E-state index contributed by atoms with van der Waals surface area (Å²) in [7, 11) is 0. The van der Waals surface area contributed by atoms with Crippen molar-refractivity contribution in [3.63, 3.8) is 0 Å². The van der Waals surface area contributed by atoms with Crippen LogP contribution in [0.5, 0.6) is 0 Å². The molecule has 0 atom stereocenters. The van der Waals surface area contributed by atoms with Crippen LogP contribution in [0.1, 0.15) is 22.3 Å². The summed E-state index contributed by atoms with van der Waals surface area (Å²) < 4.78 is 52.6. The summed E-state index contributed by atoms with van der Waals surface area (Å²) in [5.74, 6) is 0. The normalized spacial score (nSPS) is 11.3. The lowest BCUT2D eigenvalue weighted by molar-refractivity contribution is -0.137. The summed E-state index contributed by atoms with van der Waals surface area (Å²) in [4.78, 5) is 7.14. The first-order valence-electron chi connectivity index (χ1n) is 19.8. The molecule has 0 amide bonds. The number of fused-ring (bicyclic) bond motifs is 6. The van der Waals surface area contributed by atoms with Crippen LogP contribution in [0.15, 0.2) is 158 Å². The van der Waals surface area contributed by atoms with Gasteiger partial charge in [0.2, 0.25) is 0 Å². The van der Waals surface area contributed by atoms with Gasteiger partial charge in [0, 0.05) is 32.7 Å². The van der Waals surface area contributed by atoms with Crippen LogP contribution in [-0.2, 0) is 6.18 Å². The van der Waals surface area contributed by atoms with Crippen molar-refractivity contribution in [2.45, 2.75) is 6.18 Å². The Bertz CT molecular complexity index is 3640. The molecule has 2 aromatic heterocycles. The van der Waals surface area contributed by atoms with E-state index in [4.69, 9.17) is 13.1 Å². The minimum atomic E-state index is -4.91. The maximum absolute atomic E-state index is 16.4. The van der Waals surface area contributed by atoms with Gasteiger partial charge in [0.25, 0.3) is 0 Å². The number of hydrogen-bond acceptors (Lipinski definition) is 3. The highest BCUT2D eigenvalue weighted by atomic mass is 19.4. The zero-order chi connectivity index (χ0) is 44.3. The van der Waals surface area contributed by atoms with Gasteiger partial charge >= 0.3 is 6.18 Å². The van der Waals surface area contributed by atoms with Crippen LogP contribution < -0.4 is 0 Å². The largest absolute Gasteiger partial charge is 0.420 e. The first-order valence-corrected chi connectivity index (χ1v) is 19.8. The maximum atomic E-state index is 16.4. The molecule has 0 radical (unpaired) electrons. The minimum Gasteiger partial charge on any atom is -0.309 e. The topological polar surface area (TPSA) is 89.9 Å². The average Bonchev–Trinajstić information content (AvgIpc) is 3.84. The lowest BCUT2D eigenvalue weighted by Crippen LogP contribution is -2.16. The number of nitriles is 3. The van der Waals surface area contributed by atoms with Gasteiger partial charge in [-0.1, -0.05) is 78.9 Å². The van der Waals surface area contributed by atoms with Crippen molar-refractivity contribution in [2.24, 2.45) is 0 Å². The molecule has 0 N–H and O–H groups in total. The Morgan fingerprint density at radius 3 is 1.58 bits per heavy atom. The van der Waals surface area contributed by atoms with Crippen LogP contribution in [-0.4, -0.2) is 9.13 Å². The monoisotopic (exact) mass is 829 g/mol. The van der Waals surface area contributed by atoms with E-state index in [9.17, 15) is 15.8 Å². The second kappa shape index (κ2) is 14.9. The summed E-state index contributed by atoms with van der Waals surface area (Å²) in [6, 6.07) is 51.3. The molecule has 0 bridgehead atoms. The van der Waals surface area contributed by atoms with E-state index in [1.165, 1.54) is 24.3 Å². The molecule has 0 spiro atoms. The van der Waals surface area contributed by atoms with Crippen molar-refractivity contribution in [1.29, 1.82) is 15.8 Å². The highest BCUT2D eigenvalue weighted by Crippen LogP contribution is 2.47. The fourth-order valence-corrected chi connectivity index (χ4v) is 8.87. The SMILES string of the molecule is [C-]#[N+]c1ccc(-c2ccc3c(c2)c2ccccc2n3-c2cc(-c3cccc(C#N)c3)cc(-n3c4ccccc4c4cc(-c5ccc(C#N)cc5[N+]#[C-])ccc43)c2C(F)(F)F)c(C#N)c1. The first-order chi connectivity index (χ1) is 31.1. The molecule has 0 fully saturated rings. The van der Waals surface area contributed by atoms with Gasteiger partial charge in [-0.25, -0.2) is 9.69 Å². The molecule has 298 valence electrons. The molecule has 0 aliphatic rings. The quantitative estimate of drug-likeness (QED) is 0.162.